The van der Waals surface area contributed by atoms with E-state index in [1.807, 2.05) is 66.7 Å². The minimum Gasteiger partial charge on any atom is -0.496 e. The van der Waals surface area contributed by atoms with Crippen LogP contribution in [0.5, 0.6) is 5.75 Å². The van der Waals surface area contributed by atoms with Crippen LogP contribution in [0.15, 0.2) is 114 Å². The van der Waals surface area contributed by atoms with Crippen molar-refractivity contribution in [1.82, 2.24) is 5.43 Å². The molecule has 8 nitrogen and oxygen atoms in total. The van der Waals surface area contributed by atoms with Gasteiger partial charge in [-0.25, -0.2) is 15.4 Å². The van der Waals surface area contributed by atoms with E-state index in [4.69, 9.17) is 19.7 Å². The van der Waals surface area contributed by atoms with Crippen molar-refractivity contribution in [3.8, 4) is 39.1 Å². The van der Waals surface area contributed by atoms with Crippen LogP contribution in [0.4, 0.5) is 0 Å². The molecular formula is C32H24N2O6. The molecule has 198 valence electrons. The third kappa shape index (κ3) is 4.99. The van der Waals surface area contributed by atoms with Crippen molar-refractivity contribution >= 4 is 17.8 Å². The zero-order valence-corrected chi connectivity index (χ0v) is 21.4. The van der Waals surface area contributed by atoms with Gasteiger partial charge in [0.25, 0.3) is 5.91 Å². The second-order valence-electron chi connectivity index (χ2n) is 8.67. The third-order valence-electron chi connectivity index (χ3n) is 6.34. The highest BCUT2D eigenvalue weighted by atomic mass is 16.6. The van der Waals surface area contributed by atoms with Crippen molar-refractivity contribution in [3.63, 3.8) is 0 Å². The molecule has 0 aliphatic rings. The minimum absolute atomic E-state index is 0.0986. The van der Waals surface area contributed by atoms with E-state index in [0.29, 0.717) is 33.6 Å². The lowest BCUT2D eigenvalue weighted by Gasteiger charge is -2.16. The molecule has 0 radical (unpaired) electrons. The molecular weight excluding hydrogens is 508 g/mol. The van der Waals surface area contributed by atoms with E-state index in [2.05, 4.69) is 5.43 Å². The van der Waals surface area contributed by atoms with Crippen LogP contribution in [-0.2, 0) is 4.74 Å². The van der Waals surface area contributed by atoms with E-state index < -0.39 is 17.8 Å². The number of carbonyl (C=O) groups is 3. The predicted octanol–water partition coefficient (Wildman–Crippen LogP) is 5.89. The molecule has 0 atom stereocenters. The van der Waals surface area contributed by atoms with Crippen LogP contribution in [0.25, 0.3) is 33.4 Å². The number of nitrogen functional groups attached to an aromatic ring is 1. The summed E-state index contributed by atoms with van der Waals surface area (Å²) in [4.78, 5) is 39.8. The fraction of sp³-hybridized carbons (Fsp3) is 0.0312. The number of esters is 2. The van der Waals surface area contributed by atoms with E-state index in [1.54, 1.807) is 24.3 Å². The summed E-state index contributed by atoms with van der Waals surface area (Å²) >= 11 is 0. The molecule has 5 rings (SSSR count). The molecule has 5 aromatic rings. The highest BCUT2D eigenvalue weighted by molar-refractivity contribution is 6.14. The van der Waals surface area contributed by atoms with Gasteiger partial charge in [0.15, 0.2) is 0 Å². The molecule has 1 amide bonds. The Kier molecular flexibility index (Phi) is 7.52. The summed E-state index contributed by atoms with van der Waals surface area (Å²) in [6, 6.07) is 30.3. The van der Waals surface area contributed by atoms with E-state index in [9.17, 15) is 14.4 Å². The molecule has 0 bridgehead atoms. The molecule has 8 heteroatoms. The van der Waals surface area contributed by atoms with Gasteiger partial charge >= 0.3 is 11.9 Å². The van der Waals surface area contributed by atoms with Crippen molar-refractivity contribution in [2.24, 2.45) is 5.84 Å². The Hall–Kier alpha value is -5.47. The number of methoxy groups -OCH3 is 1. The molecule has 0 unspecified atom stereocenters. The maximum absolute atomic E-state index is 13.4. The quantitative estimate of drug-likeness (QED) is 0.0881. The summed E-state index contributed by atoms with van der Waals surface area (Å²) in [5.41, 5.74) is 5.37. The molecule has 0 aliphatic heterocycles. The maximum Gasteiger partial charge on any atom is 0.382 e. The molecule has 0 fully saturated rings. The van der Waals surface area contributed by atoms with E-state index in [0.717, 1.165) is 5.56 Å². The lowest BCUT2D eigenvalue weighted by Crippen LogP contribution is -2.32. The summed E-state index contributed by atoms with van der Waals surface area (Å²) in [5.74, 6) is 2.82. The predicted molar refractivity (Wildman–Crippen MR) is 149 cm³/mol. The summed E-state index contributed by atoms with van der Waals surface area (Å²) in [6.07, 6.45) is 1.45. The van der Waals surface area contributed by atoms with Gasteiger partial charge in [0, 0.05) is 16.7 Å². The number of hydrazine groups is 1. The highest BCUT2D eigenvalue weighted by Gasteiger charge is 2.30. The first kappa shape index (κ1) is 26.1. The number of benzene rings is 4. The number of rotatable bonds is 7. The van der Waals surface area contributed by atoms with Crippen LogP contribution < -0.4 is 16.0 Å². The number of furan rings is 1. The van der Waals surface area contributed by atoms with Gasteiger partial charge in [-0.05, 0) is 28.8 Å². The smallest absolute Gasteiger partial charge is 0.382 e. The largest absolute Gasteiger partial charge is 0.496 e. The van der Waals surface area contributed by atoms with Gasteiger partial charge in [-0.3, -0.25) is 10.2 Å². The van der Waals surface area contributed by atoms with Crippen LogP contribution in [0.1, 0.15) is 31.3 Å². The SMILES string of the molecule is COc1ccc(C(=O)OC(=O)c2occ(-c3ccccc3)c2-c2ccccc2)c(C(=O)NN)c1-c1ccccc1. The van der Waals surface area contributed by atoms with Crippen LogP contribution in [0.3, 0.4) is 0 Å². The van der Waals surface area contributed by atoms with Crippen LogP contribution in [0, 0.1) is 0 Å². The summed E-state index contributed by atoms with van der Waals surface area (Å²) in [5, 5.41) is 0. The molecule has 4 aromatic carbocycles. The topological polar surface area (TPSA) is 121 Å². The zero-order chi connectivity index (χ0) is 28.1. The average Bonchev–Trinajstić information content (AvgIpc) is 3.47. The monoisotopic (exact) mass is 532 g/mol. The standard InChI is InChI=1S/C32H24N2O6/c1-38-25-18-17-23(28(30(35)34-33)27(25)22-15-9-4-10-16-22)31(36)40-32(37)29-26(21-13-7-3-8-14-21)24(19-39-29)20-11-5-2-6-12-20/h2-19H,33H2,1H3,(H,34,35). The van der Waals surface area contributed by atoms with Gasteiger partial charge in [0.05, 0.1) is 18.2 Å². The van der Waals surface area contributed by atoms with Crippen molar-refractivity contribution in [2.45, 2.75) is 0 Å². The summed E-state index contributed by atoms with van der Waals surface area (Å²) in [7, 11) is 1.44. The molecule has 1 heterocycles. The normalized spacial score (nSPS) is 10.6. The van der Waals surface area contributed by atoms with Gasteiger partial charge in [-0.1, -0.05) is 91.0 Å². The number of ether oxygens (including phenoxy) is 2. The number of amides is 1. The Morgan fingerprint density at radius 3 is 1.80 bits per heavy atom. The van der Waals surface area contributed by atoms with Gasteiger partial charge in [0.1, 0.15) is 12.0 Å². The minimum atomic E-state index is -1.06. The molecule has 0 saturated carbocycles. The number of nitrogens with two attached hydrogens (primary N) is 1. The second-order valence-corrected chi connectivity index (χ2v) is 8.67. The zero-order valence-electron chi connectivity index (χ0n) is 21.4. The van der Waals surface area contributed by atoms with Gasteiger partial charge in [0.2, 0.25) is 5.76 Å². The number of nitrogens with one attached hydrogen (secondary N) is 1. The molecule has 0 saturated heterocycles. The van der Waals surface area contributed by atoms with E-state index >= 15 is 0 Å². The van der Waals surface area contributed by atoms with Crippen LogP contribution in [0.2, 0.25) is 0 Å². The molecule has 40 heavy (non-hydrogen) atoms. The Balaban J connectivity index is 1.58. The number of hydrogen-bond donors (Lipinski definition) is 2. The van der Waals surface area contributed by atoms with Crippen molar-refractivity contribution in [1.29, 1.82) is 0 Å². The van der Waals surface area contributed by atoms with Crippen LogP contribution in [-0.4, -0.2) is 25.0 Å². The number of carbonyl (C=O) groups excluding carboxylic acids is 3. The fourth-order valence-electron chi connectivity index (χ4n) is 4.54. The van der Waals surface area contributed by atoms with Gasteiger partial charge in [-0.2, -0.15) is 0 Å². The lowest BCUT2D eigenvalue weighted by atomic mass is 9.93. The van der Waals surface area contributed by atoms with E-state index in [1.165, 1.54) is 25.5 Å². The first-order valence-electron chi connectivity index (χ1n) is 12.3. The Labute approximate surface area is 229 Å². The third-order valence-corrected chi connectivity index (χ3v) is 6.34. The highest BCUT2D eigenvalue weighted by Crippen LogP contribution is 2.38. The fourth-order valence-corrected chi connectivity index (χ4v) is 4.54. The molecule has 1 aromatic heterocycles. The molecule has 0 aliphatic carbocycles. The Morgan fingerprint density at radius 2 is 1.25 bits per heavy atom. The Morgan fingerprint density at radius 1 is 0.700 bits per heavy atom. The molecule has 3 N–H and O–H groups in total. The first-order chi connectivity index (χ1) is 19.5. The van der Waals surface area contributed by atoms with Crippen LogP contribution >= 0.6 is 0 Å². The second kappa shape index (κ2) is 11.5. The van der Waals surface area contributed by atoms with Gasteiger partial charge in [-0.15, -0.1) is 0 Å². The van der Waals surface area contributed by atoms with Gasteiger partial charge < -0.3 is 13.9 Å². The van der Waals surface area contributed by atoms with E-state index in [-0.39, 0.29) is 16.9 Å². The average molecular weight is 533 g/mol. The van der Waals surface area contributed by atoms with Crippen molar-refractivity contribution in [3.05, 3.63) is 126 Å². The maximum atomic E-state index is 13.4. The number of hydrogen-bond acceptors (Lipinski definition) is 7. The first-order valence-corrected chi connectivity index (χ1v) is 12.3. The Bertz CT molecular complexity index is 1680. The summed E-state index contributed by atoms with van der Waals surface area (Å²) in [6.45, 7) is 0. The van der Waals surface area contributed by atoms with Crippen molar-refractivity contribution in [2.75, 3.05) is 7.11 Å². The van der Waals surface area contributed by atoms with Crippen molar-refractivity contribution < 1.29 is 28.3 Å². The molecule has 0 spiro atoms. The summed E-state index contributed by atoms with van der Waals surface area (Å²) < 4.78 is 16.5. The lowest BCUT2D eigenvalue weighted by molar-refractivity contribution is 0.0374.